The highest BCUT2D eigenvalue weighted by molar-refractivity contribution is 6.04. The minimum absolute atomic E-state index is 0.120. The van der Waals surface area contributed by atoms with E-state index in [1.807, 2.05) is 6.92 Å². The van der Waals surface area contributed by atoms with E-state index in [-0.39, 0.29) is 18.5 Å². The molecule has 0 aliphatic rings. The molecule has 0 aromatic heterocycles. The molecular weight excluding hydrogens is 375 g/mol. The van der Waals surface area contributed by atoms with E-state index in [0.29, 0.717) is 11.3 Å². The van der Waals surface area contributed by atoms with Gasteiger partial charge in [-0.1, -0.05) is 12.1 Å². The van der Waals surface area contributed by atoms with Gasteiger partial charge >= 0.3 is 6.03 Å². The molecule has 154 valence electrons. The summed E-state index contributed by atoms with van der Waals surface area (Å²) in [5.41, 5.74) is 6.19. The van der Waals surface area contributed by atoms with E-state index < -0.39 is 23.2 Å². The number of nitrogens with one attached hydrogen (secondary N) is 3. The second-order valence-electron chi connectivity index (χ2n) is 7.38. The van der Waals surface area contributed by atoms with Crippen molar-refractivity contribution in [2.45, 2.75) is 26.8 Å². The van der Waals surface area contributed by atoms with Crippen LogP contribution in [0.15, 0.2) is 48.5 Å². The van der Waals surface area contributed by atoms with E-state index in [9.17, 15) is 18.8 Å². The Balaban J connectivity index is 1.90. The minimum atomic E-state index is -0.842. The Morgan fingerprint density at radius 1 is 1.03 bits per heavy atom. The number of hydrogen-bond acceptors (Lipinski definition) is 3. The molecule has 0 heterocycles. The van der Waals surface area contributed by atoms with Crippen molar-refractivity contribution in [2.75, 3.05) is 11.9 Å². The van der Waals surface area contributed by atoms with Crippen molar-refractivity contribution in [3.05, 3.63) is 65.5 Å². The summed E-state index contributed by atoms with van der Waals surface area (Å²) in [5, 5.41) is 8.13. The molecule has 8 heteroatoms. The van der Waals surface area contributed by atoms with E-state index in [0.717, 1.165) is 5.56 Å². The lowest BCUT2D eigenvalue weighted by Crippen LogP contribution is -2.46. The number of halogens is 1. The monoisotopic (exact) mass is 400 g/mol. The van der Waals surface area contributed by atoms with Crippen LogP contribution in [0.25, 0.3) is 0 Å². The van der Waals surface area contributed by atoms with Crippen LogP contribution in [0.4, 0.5) is 14.9 Å². The first-order chi connectivity index (χ1) is 13.6. The third-order valence-electron chi connectivity index (χ3n) is 4.48. The highest BCUT2D eigenvalue weighted by atomic mass is 19.1. The number of rotatable bonds is 7. The van der Waals surface area contributed by atoms with Crippen LogP contribution < -0.4 is 21.7 Å². The largest absolute Gasteiger partial charge is 0.369 e. The van der Waals surface area contributed by atoms with Gasteiger partial charge in [0.15, 0.2) is 0 Å². The van der Waals surface area contributed by atoms with Gasteiger partial charge in [0.25, 0.3) is 5.91 Å². The average molecular weight is 400 g/mol. The molecule has 29 heavy (non-hydrogen) atoms. The second-order valence-corrected chi connectivity index (χ2v) is 7.38. The van der Waals surface area contributed by atoms with E-state index in [1.54, 1.807) is 38.1 Å². The highest BCUT2D eigenvalue weighted by Crippen LogP contribution is 2.17. The molecule has 0 aliphatic carbocycles. The maximum Gasteiger partial charge on any atom is 0.315 e. The molecule has 2 aromatic carbocycles. The topological polar surface area (TPSA) is 113 Å². The van der Waals surface area contributed by atoms with Crippen LogP contribution in [0.5, 0.6) is 0 Å². The molecule has 0 bridgehead atoms. The van der Waals surface area contributed by atoms with Crippen LogP contribution in [-0.2, 0) is 4.79 Å². The smallest absolute Gasteiger partial charge is 0.315 e. The zero-order valence-electron chi connectivity index (χ0n) is 16.6. The van der Waals surface area contributed by atoms with Crippen LogP contribution in [0.3, 0.4) is 0 Å². The van der Waals surface area contributed by atoms with Crippen molar-refractivity contribution in [1.29, 1.82) is 0 Å². The van der Waals surface area contributed by atoms with Gasteiger partial charge in [-0.05, 0) is 62.7 Å². The van der Waals surface area contributed by atoms with Crippen molar-refractivity contribution in [2.24, 2.45) is 11.1 Å². The van der Waals surface area contributed by atoms with Gasteiger partial charge in [-0.15, -0.1) is 0 Å². The fourth-order valence-electron chi connectivity index (χ4n) is 2.38. The highest BCUT2D eigenvalue weighted by Gasteiger charge is 2.25. The van der Waals surface area contributed by atoms with Gasteiger partial charge in [0.1, 0.15) is 5.82 Å². The lowest BCUT2D eigenvalue weighted by atomic mass is 9.93. The zero-order chi connectivity index (χ0) is 21.6. The lowest BCUT2D eigenvalue weighted by molar-refractivity contribution is -0.125. The van der Waals surface area contributed by atoms with E-state index >= 15 is 0 Å². The molecule has 0 radical (unpaired) electrons. The maximum absolute atomic E-state index is 12.9. The van der Waals surface area contributed by atoms with Crippen LogP contribution >= 0.6 is 0 Å². The van der Waals surface area contributed by atoms with E-state index in [2.05, 4.69) is 16.0 Å². The van der Waals surface area contributed by atoms with Gasteiger partial charge in [0.05, 0.1) is 11.5 Å². The third-order valence-corrected chi connectivity index (χ3v) is 4.48. The number of urea groups is 1. The number of carbonyl (C=O) groups is 3. The van der Waals surface area contributed by atoms with Gasteiger partial charge in [-0.3, -0.25) is 9.59 Å². The Hall–Kier alpha value is -3.42. The van der Waals surface area contributed by atoms with Crippen molar-refractivity contribution in [3.63, 3.8) is 0 Å². The summed E-state index contributed by atoms with van der Waals surface area (Å²) in [7, 11) is 0. The fraction of sp³-hybridized carbons (Fsp3) is 0.286. The molecule has 0 saturated heterocycles. The maximum atomic E-state index is 12.9. The molecule has 2 aromatic rings. The SMILES string of the molecule is CC(NC(=O)NCC(C)(C)C(N)=O)c1ccc(NC(=O)c2ccc(F)cc2)cc1. The quantitative estimate of drug-likeness (QED) is 0.573. The number of benzene rings is 2. The van der Waals surface area contributed by atoms with Crippen molar-refractivity contribution in [1.82, 2.24) is 10.6 Å². The van der Waals surface area contributed by atoms with Crippen molar-refractivity contribution >= 4 is 23.5 Å². The summed E-state index contributed by atoms with van der Waals surface area (Å²) < 4.78 is 12.9. The molecule has 4 amide bonds. The minimum Gasteiger partial charge on any atom is -0.369 e. The number of anilines is 1. The van der Waals surface area contributed by atoms with E-state index in [4.69, 9.17) is 5.73 Å². The number of hydrogen-bond donors (Lipinski definition) is 4. The predicted octanol–water partition coefficient (Wildman–Crippen LogP) is 2.95. The fourth-order valence-corrected chi connectivity index (χ4v) is 2.38. The predicted molar refractivity (Wildman–Crippen MR) is 109 cm³/mol. The molecule has 1 atom stereocenters. The number of amides is 4. The van der Waals surface area contributed by atoms with Gasteiger partial charge in [0.2, 0.25) is 5.91 Å². The van der Waals surface area contributed by atoms with Crippen LogP contribution in [0.2, 0.25) is 0 Å². The van der Waals surface area contributed by atoms with Crippen molar-refractivity contribution < 1.29 is 18.8 Å². The first-order valence-electron chi connectivity index (χ1n) is 9.09. The molecule has 0 fully saturated rings. The van der Waals surface area contributed by atoms with Gasteiger partial charge in [0, 0.05) is 17.8 Å². The third kappa shape index (κ3) is 6.31. The van der Waals surface area contributed by atoms with Crippen LogP contribution in [0.1, 0.15) is 42.7 Å². The second kappa shape index (κ2) is 9.18. The number of carbonyl (C=O) groups excluding carboxylic acids is 3. The molecule has 0 spiro atoms. The normalized spacial score (nSPS) is 12.0. The number of nitrogens with two attached hydrogens (primary N) is 1. The molecule has 2 rings (SSSR count). The summed E-state index contributed by atoms with van der Waals surface area (Å²) in [4.78, 5) is 35.5. The van der Waals surface area contributed by atoms with Crippen LogP contribution in [0, 0.1) is 11.2 Å². The van der Waals surface area contributed by atoms with Gasteiger partial charge in [-0.2, -0.15) is 0 Å². The van der Waals surface area contributed by atoms with Gasteiger partial charge in [-0.25, -0.2) is 9.18 Å². The Labute approximate surface area is 168 Å². The summed E-state index contributed by atoms with van der Waals surface area (Å²) in [6.07, 6.45) is 0. The first kappa shape index (κ1) is 21.9. The number of primary amides is 1. The summed E-state index contributed by atoms with van der Waals surface area (Å²) in [5.74, 6) is -1.25. The lowest BCUT2D eigenvalue weighted by Gasteiger charge is -2.22. The molecule has 0 aliphatic heterocycles. The molecule has 5 N–H and O–H groups in total. The Morgan fingerprint density at radius 3 is 2.17 bits per heavy atom. The van der Waals surface area contributed by atoms with Crippen molar-refractivity contribution in [3.8, 4) is 0 Å². The van der Waals surface area contributed by atoms with E-state index in [1.165, 1.54) is 24.3 Å². The van der Waals surface area contributed by atoms with Gasteiger partial charge < -0.3 is 21.7 Å². The zero-order valence-corrected chi connectivity index (χ0v) is 16.6. The summed E-state index contributed by atoms with van der Waals surface area (Å²) >= 11 is 0. The Morgan fingerprint density at radius 2 is 1.62 bits per heavy atom. The molecule has 7 nitrogen and oxygen atoms in total. The summed E-state index contributed by atoms with van der Waals surface area (Å²) in [6.45, 7) is 5.23. The standard InChI is InChI=1S/C21H25FN4O3/c1-13(25-20(29)24-12-21(2,3)19(23)28)14-6-10-17(11-7-14)26-18(27)15-4-8-16(22)9-5-15/h4-11,13H,12H2,1-3H3,(H2,23,28)(H,26,27)(H2,24,25,29). The summed E-state index contributed by atoms with van der Waals surface area (Å²) in [6, 6.07) is 11.5. The molecular formula is C21H25FN4O3. The average Bonchev–Trinajstić information content (AvgIpc) is 2.67. The first-order valence-corrected chi connectivity index (χ1v) is 9.09. The van der Waals surface area contributed by atoms with Crippen LogP contribution in [-0.4, -0.2) is 24.4 Å². The Bertz CT molecular complexity index is 880. The Kier molecular flexibility index (Phi) is 6.93. The molecule has 0 saturated carbocycles. The molecule has 1 unspecified atom stereocenters.